The van der Waals surface area contributed by atoms with Crippen LogP contribution < -0.4 is 4.74 Å². The molecular weight excluding hydrogens is 284 g/mol. The fourth-order valence-corrected chi connectivity index (χ4v) is 2.16. The molecule has 0 radical (unpaired) electrons. The number of methoxy groups -OCH3 is 1. The highest BCUT2D eigenvalue weighted by Crippen LogP contribution is 2.17. The highest BCUT2D eigenvalue weighted by Gasteiger charge is 2.11. The van der Waals surface area contributed by atoms with Crippen LogP contribution in [0.2, 0.25) is 0 Å². The molecule has 0 fully saturated rings. The number of ether oxygens (including phenoxy) is 2. The molecule has 0 aromatic heterocycles. The minimum absolute atomic E-state index is 0.112. The minimum Gasteiger partial charge on any atom is -0.497 e. The zero-order valence-corrected chi connectivity index (χ0v) is 13.7. The fourth-order valence-electron chi connectivity index (χ4n) is 2.01. The Bertz CT molecular complexity index is 452. The summed E-state index contributed by atoms with van der Waals surface area (Å²) in [6, 6.07) is 7.54. The highest BCUT2D eigenvalue weighted by atomic mass is 32.1. The maximum absolute atomic E-state index is 11.3. The molecule has 3 nitrogen and oxygen atoms in total. The normalized spacial score (nSPS) is 14.1. The molecule has 1 aromatic rings. The van der Waals surface area contributed by atoms with Gasteiger partial charge in [0.05, 0.1) is 13.7 Å². The first-order valence-corrected chi connectivity index (χ1v) is 7.81. The third-order valence-electron chi connectivity index (χ3n) is 3.15. The van der Waals surface area contributed by atoms with Gasteiger partial charge in [-0.15, -0.1) is 12.6 Å². The molecule has 1 aliphatic rings. The average Bonchev–Trinajstić information content (AvgIpc) is 2.78. The lowest BCUT2D eigenvalue weighted by Gasteiger charge is -2.03. The van der Waals surface area contributed by atoms with Crippen molar-refractivity contribution in [2.75, 3.05) is 13.7 Å². The molecule has 0 N–H and O–H groups in total. The second-order valence-corrected chi connectivity index (χ2v) is 5.26. The van der Waals surface area contributed by atoms with Crippen LogP contribution >= 0.6 is 12.6 Å². The van der Waals surface area contributed by atoms with Crippen LogP contribution in [0.25, 0.3) is 0 Å². The Hall–Kier alpha value is -1.42. The molecule has 0 heterocycles. The molecule has 1 aliphatic carbocycles. The topological polar surface area (TPSA) is 35.5 Å². The SMILES string of the molecule is CCOC(=O)C1=CCCCCC1.COc1ccc(S)cc1. The largest absolute Gasteiger partial charge is 0.497 e. The Morgan fingerprint density at radius 1 is 1.19 bits per heavy atom. The van der Waals surface area contributed by atoms with E-state index in [2.05, 4.69) is 12.6 Å². The van der Waals surface area contributed by atoms with Crippen molar-refractivity contribution < 1.29 is 14.3 Å². The van der Waals surface area contributed by atoms with Gasteiger partial charge in [-0.2, -0.15) is 0 Å². The van der Waals surface area contributed by atoms with Gasteiger partial charge in [-0.3, -0.25) is 0 Å². The second-order valence-electron chi connectivity index (χ2n) is 4.75. The number of hydrogen-bond acceptors (Lipinski definition) is 4. The van der Waals surface area contributed by atoms with E-state index >= 15 is 0 Å². The number of hydrogen-bond donors (Lipinski definition) is 1. The van der Waals surface area contributed by atoms with Crippen molar-refractivity contribution in [1.29, 1.82) is 0 Å². The van der Waals surface area contributed by atoms with E-state index in [1.165, 1.54) is 12.8 Å². The second kappa shape index (κ2) is 10.3. The van der Waals surface area contributed by atoms with E-state index in [1.54, 1.807) is 7.11 Å². The van der Waals surface area contributed by atoms with Gasteiger partial charge in [-0.25, -0.2) is 4.79 Å². The van der Waals surface area contributed by atoms with Crippen LogP contribution in [0.15, 0.2) is 40.8 Å². The van der Waals surface area contributed by atoms with Crippen molar-refractivity contribution in [3.05, 3.63) is 35.9 Å². The van der Waals surface area contributed by atoms with Crippen molar-refractivity contribution in [2.24, 2.45) is 0 Å². The van der Waals surface area contributed by atoms with E-state index in [9.17, 15) is 4.79 Å². The van der Waals surface area contributed by atoms with E-state index in [-0.39, 0.29) is 5.97 Å². The fraction of sp³-hybridized carbons (Fsp3) is 0.471. The predicted molar refractivity (Wildman–Crippen MR) is 88.0 cm³/mol. The highest BCUT2D eigenvalue weighted by molar-refractivity contribution is 7.80. The van der Waals surface area contributed by atoms with Crippen molar-refractivity contribution in [3.63, 3.8) is 0 Å². The van der Waals surface area contributed by atoms with Crippen LogP contribution in [0.3, 0.4) is 0 Å². The van der Waals surface area contributed by atoms with E-state index in [1.807, 2.05) is 37.3 Å². The zero-order valence-electron chi connectivity index (χ0n) is 12.8. The number of thiol groups is 1. The molecule has 1 aromatic carbocycles. The number of carbonyl (C=O) groups excluding carboxylic acids is 1. The molecule has 4 heteroatoms. The summed E-state index contributed by atoms with van der Waals surface area (Å²) in [6.45, 7) is 2.32. The summed E-state index contributed by atoms with van der Waals surface area (Å²) in [5, 5.41) is 0. The lowest BCUT2D eigenvalue weighted by molar-refractivity contribution is -0.138. The van der Waals surface area contributed by atoms with Gasteiger partial charge in [0.1, 0.15) is 5.75 Å². The summed E-state index contributed by atoms with van der Waals surface area (Å²) >= 11 is 4.11. The molecule has 0 bridgehead atoms. The number of carbonyl (C=O) groups is 1. The molecule has 0 saturated heterocycles. The Morgan fingerprint density at radius 3 is 2.52 bits per heavy atom. The lowest BCUT2D eigenvalue weighted by Crippen LogP contribution is -2.07. The molecule has 2 rings (SSSR count). The Labute approximate surface area is 132 Å². The molecule has 0 spiro atoms. The number of allylic oxidation sites excluding steroid dienone is 1. The number of rotatable bonds is 3. The van der Waals surface area contributed by atoms with Crippen molar-refractivity contribution in [2.45, 2.75) is 43.9 Å². The summed E-state index contributed by atoms with van der Waals surface area (Å²) in [4.78, 5) is 12.2. The number of benzene rings is 1. The van der Waals surface area contributed by atoms with Crippen LogP contribution in [-0.4, -0.2) is 19.7 Å². The quantitative estimate of drug-likeness (QED) is 0.663. The molecule has 0 atom stereocenters. The summed E-state index contributed by atoms with van der Waals surface area (Å²) in [5.41, 5.74) is 0.884. The van der Waals surface area contributed by atoms with Crippen molar-refractivity contribution in [3.8, 4) is 5.75 Å². The van der Waals surface area contributed by atoms with Gasteiger partial charge < -0.3 is 9.47 Å². The summed E-state index contributed by atoms with van der Waals surface area (Å²) in [5.74, 6) is 0.757. The lowest BCUT2D eigenvalue weighted by atomic mass is 10.1. The van der Waals surface area contributed by atoms with Gasteiger partial charge in [0, 0.05) is 10.5 Å². The molecule has 0 unspecified atom stereocenters. The molecule has 0 amide bonds. The van der Waals surface area contributed by atoms with Gasteiger partial charge in [-0.1, -0.05) is 12.5 Å². The molecule has 21 heavy (non-hydrogen) atoms. The Morgan fingerprint density at radius 2 is 1.90 bits per heavy atom. The number of esters is 1. The van der Waals surface area contributed by atoms with E-state index < -0.39 is 0 Å². The third kappa shape index (κ3) is 7.23. The predicted octanol–water partition coefficient (Wildman–Crippen LogP) is 4.42. The Balaban J connectivity index is 0.000000219. The first kappa shape index (κ1) is 17.6. The summed E-state index contributed by atoms with van der Waals surface area (Å²) < 4.78 is 9.86. The van der Waals surface area contributed by atoms with Gasteiger partial charge in [0.15, 0.2) is 0 Å². The van der Waals surface area contributed by atoms with Gasteiger partial charge in [0.2, 0.25) is 0 Å². The first-order chi connectivity index (χ1) is 10.2. The van der Waals surface area contributed by atoms with Crippen molar-refractivity contribution in [1.82, 2.24) is 0 Å². The summed E-state index contributed by atoms with van der Waals surface area (Å²) in [6.07, 6.45) is 7.55. The molecule has 0 aliphatic heterocycles. The maximum Gasteiger partial charge on any atom is 0.333 e. The first-order valence-electron chi connectivity index (χ1n) is 7.36. The average molecular weight is 308 g/mol. The smallest absolute Gasteiger partial charge is 0.333 e. The minimum atomic E-state index is -0.112. The Kier molecular flexibility index (Phi) is 8.67. The maximum atomic E-state index is 11.3. The van der Waals surface area contributed by atoms with Gasteiger partial charge in [-0.05, 0) is 56.9 Å². The molecular formula is C17H24O3S. The van der Waals surface area contributed by atoms with Crippen molar-refractivity contribution >= 4 is 18.6 Å². The van der Waals surface area contributed by atoms with E-state index in [0.29, 0.717) is 6.61 Å². The zero-order chi connectivity index (χ0) is 15.5. The van der Waals surface area contributed by atoms with Gasteiger partial charge in [0.25, 0.3) is 0 Å². The molecule has 0 saturated carbocycles. The summed E-state index contributed by atoms with van der Waals surface area (Å²) in [7, 11) is 1.65. The van der Waals surface area contributed by atoms with Crippen LogP contribution in [0.5, 0.6) is 5.75 Å². The monoisotopic (exact) mass is 308 g/mol. The van der Waals surface area contributed by atoms with E-state index in [0.717, 1.165) is 35.5 Å². The van der Waals surface area contributed by atoms with Crippen LogP contribution in [0.4, 0.5) is 0 Å². The molecule has 116 valence electrons. The van der Waals surface area contributed by atoms with Gasteiger partial charge >= 0.3 is 5.97 Å². The standard InChI is InChI=1S/C10H16O2.C7H8OS/c1-2-12-10(11)9-7-5-3-4-6-8-9;1-8-6-2-4-7(9)5-3-6/h7H,2-6,8H2,1H3;2-5,9H,1H3. The van der Waals surface area contributed by atoms with Crippen LogP contribution in [-0.2, 0) is 9.53 Å². The van der Waals surface area contributed by atoms with Crippen LogP contribution in [0.1, 0.15) is 39.0 Å². The third-order valence-corrected chi connectivity index (χ3v) is 3.45. The van der Waals surface area contributed by atoms with Crippen LogP contribution in [0, 0.1) is 0 Å². The van der Waals surface area contributed by atoms with E-state index in [4.69, 9.17) is 9.47 Å².